The summed E-state index contributed by atoms with van der Waals surface area (Å²) in [6.07, 6.45) is 1.53. The summed E-state index contributed by atoms with van der Waals surface area (Å²) >= 11 is 0. The highest BCUT2D eigenvalue weighted by atomic mass is 16.6. The molecular weight excluding hydrogens is 378 g/mol. The zero-order valence-electron chi connectivity index (χ0n) is 15.2. The van der Waals surface area contributed by atoms with Gasteiger partial charge in [-0.25, -0.2) is 0 Å². The number of hydrogen-bond acceptors (Lipinski definition) is 6. The zero-order chi connectivity index (χ0) is 20.6. The zero-order valence-corrected chi connectivity index (χ0v) is 15.2. The van der Waals surface area contributed by atoms with E-state index in [2.05, 4.69) is 10.6 Å². The number of nitro benzene ring substituents is 1. The Kier molecular flexibility index (Phi) is 6.21. The molecule has 0 spiro atoms. The van der Waals surface area contributed by atoms with Crippen molar-refractivity contribution in [1.82, 2.24) is 5.32 Å². The highest BCUT2D eigenvalue weighted by Gasteiger charge is 2.09. The van der Waals surface area contributed by atoms with Crippen LogP contribution < -0.4 is 15.4 Å². The molecule has 2 aromatic carbocycles. The fraction of sp³-hybridized carbons (Fsp3) is 0.100. The predicted molar refractivity (Wildman–Crippen MR) is 104 cm³/mol. The Hall–Kier alpha value is -4.14. The van der Waals surface area contributed by atoms with Gasteiger partial charge in [0, 0.05) is 23.4 Å². The number of benzene rings is 2. The van der Waals surface area contributed by atoms with Gasteiger partial charge in [-0.3, -0.25) is 19.7 Å². The minimum absolute atomic E-state index is 0.0601. The maximum absolute atomic E-state index is 12.1. The topological polar surface area (TPSA) is 124 Å². The monoisotopic (exact) mass is 395 g/mol. The quantitative estimate of drug-likeness (QED) is 0.446. The van der Waals surface area contributed by atoms with Crippen molar-refractivity contribution < 1.29 is 23.7 Å². The van der Waals surface area contributed by atoms with Crippen LogP contribution in [0.25, 0.3) is 0 Å². The Labute approximate surface area is 165 Å². The molecule has 0 bridgehead atoms. The molecule has 148 valence electrons. The number of furan rings is 1. The van der Waals surface area contributed by atoms with E-state index >= 15 is 0 Å². The van der Waals surface area contributed by atoms with Crippen LogP contribution in [0.1, 0.15) is 16.1 Å². The molecule has 3 rings (SSSR count). The largest absolute Gasteiger partial charge is 0.484 e. The molecular formula is C20H17N3O6. The number of rotatable bonds is 8. The maximum atomic E-state index is 12.1. The highest BCUT2D eigenvalue weighted by Crippen LogP contribution is 2.17. The van der Waals surface area contributed by atoms with E-state index in [4.69, 9.17) is 9.15 Å². The second-order valence-electron chi connectivity index (χ2n) is 5.93. The first-order chi connectivity index (χ1) is 14.0. The third-order valence-electron chi connectivity index (χ3n) is 3.85. The van der Waals surface area contributed by atoms with E-state index in [0.29, 0.717) is 22.8 Å². The number of nitrogens with zero attached hydrogens (tertiary/aromatic N) is 1. The Morgan fingerprint density at radius 2 is 1.76 bits per heavy atom. The molecule has 0 aliphatic heterocycles. The summed E-state index contributed by atoms with van der Waals surface area (Å²) in [6.45, 7) is 0.0213. The van der Waals surface area contributed by atoms with Crippen molar-refractivity contribution in [1.29, 1.82) is 0 Å². The molecule has 9 heteroatoms. The standard InChI is InChI=1S/C20H17N3O6/c24-19(13-29-17-9-7-16(8-10-17)23(26)27)22-15-5-3-14(4-6-15)20(25)21-12-18-2-1-11-28-18/h1-11H,12-13H2,(H,21,25)(H,22,24). The van der Waals surface area contributed by atoms with Crippen LogP contribution in [-0.4, -0.2) is 23.3 Å². The summed E-state index contributed by atoms with van der Waals surface area (Å²) in [5, 5.41) is 16.0. The second kappa shape index (κ2) is 9.18. The summed E-state index contributed by atoms with van der Waals surface area (Å²) in [5.74, 6) is 0.323. The lowest BCUT2D eigenvalue weighted by atomic mass is 10.2. The summed E-state index contributed by atoms with van der Waals surface area (Å²) in [4.78, 5) is 34.2. The lowest BCUT2D eigenvalue weighted by Gasteiger charge is -2.08. The van der Waals surface area contributed by atoms with Crippen LogP contribution in [0.3, 0.4) is 0 Å². The van der Waals surface area contributed by atoms with Crippen LogP contribution in [0, 0.1) is 10.1 Å². The lowest BCUT2D eigenvalue weighted by molar-refractivity contribution is -0.384. The summed E-state index contributed by atoms with van der Waals surface area (Å²) in [5.41, 5.74) is 0.886. The van der Waals surface area contributed by atoms with E-state index in [1.54, 1.807) is 36.4 Å². The van der Waals surface area contributed by atoms with Gasteiger partial charge in [-0.05, 0) is 48.5 Å². The predicted octanol–water partition coefficient (Wildman–Crippen LogP) is 3.14. The average molecular weight is 395 g/mol. The highest BCUT2D eigenvalue weighted by molar-refractivity contribution is 5.96. The SMILES string of the molecule is O=C(COc1ccc([N+](=O)[O-])cc1)Nc1ccc(C(=O)NCc2ccco2)cc1. The maximum Gasteiger partial charge on any atom is 0.269 e. The van der Waals surface area contributed by atoms with Crippen LogP contribution in [0.15, 0.2) is 71.3 Å². The molecule has 0 radical (unpaired) electrons. The van der Waals surface area contributed by atoms with Crippen molar-refractivity contribution in [3.63, 3.8) is 0 Å². The molecule has 0 unspecified atom stereocenters. The summed E-state index contributed by atoms with van der Waals surface area (Å²) in [7, 11) is 0. The molecule has 3 aromatic rings. The number of ether oxygens (including phenoxy) is 1. The van der Waals surface area contributed by atoms with Crippen LogP contribution in [0.2, 0.25) is 0 Å². The lowest BCUT2D eigenvalue weighted by Crippen LogP contribution is -2.23. The van der Waals surface area contributed by atoms with Crippen molar-refractivity contribution in [2.24, 2.45) is 0 Å². The molecule has 1 aromatic heterocycles. The van der Waals surface area contributed by atoms with Gasteiger partial charge < -0.3 is 19.8 Å². The average Bonchev–Trinajstić information content (AvgIpc) is 3.25. The van der Waals surface area contributed by atoms with E-state index in [1.807, 2.05) is 0 Å². The molecule has 0 saturated carbocycles. The fourth-order valence-corrected chi connectivity index (χ4v) is 2.40. The summed E-state index contributed by atoms with van der Waals surface area (Å²) < 4.78 is 10.4. The molecule has 0 fully saturated rings. The van der Waals surface area contributed by atoms with Gasteiger partial charge in [-0.15, -0.1) is 0 Å². The van der Waals surface area contributed by atoms with Crippen molar-refractivity contribution in [3.8, 4) is 5.75 Å². The third kappa shape index (κ3) is 5.67. The molecule has 29 heavy (non-hydrogen) atoms. The second-order valence-corrected chi connectivity index (χ2v) is 5.93. The van der Waals surface area contributed by atoms with E-state index in [1.165, 1.54) is 30.5 Å². The van der Waals surface area contributed by atoms with Crippen LogP contribution in [0.5, 0.6) is 5.75 Å². The number of carbonyl (C=O) groups excluding carboxylic acids is 2. The normalized spacial score (nSPS) is 10.2. The molecule has 2 amide bonds. The molecule has 2 N–H and O–H groups in total. The smallest absolute Gasteiger partial charge is 0.269 e. The van der Waals surface area contributed by atoms with Crippen molar-refractivity contribution >= 4 is 23.2 Å². The summed E-state index contributed by atoms with van der Waals surface area (Å²) in [6, 6.07) is 15.3. The van der Waals surface area contributed by atoms with Gasteiger partial charge in [0.15, 0.2) is 6.61 Å². The Morgan fingerprint density at radius 3 is 2.38 bits per heavy atom. The first-order valence-electron chi connectivity index (χ1n) is 8.59. The van der Waals surface area contributed by atoms with Crippen molar-refractivity contribution in [3.05, 3.63) is 88.4 Å². The first-order valence-corrected chi connectivity index (χ1v) is 8.59. The van der Waals surface area contributed by atoms with Crippen LogP contribution >= 0.6 is 0 Å². The van der Waals surface area contributed by atoms with Crippen molar-refractivity contribution in [2.75, 3.05) is 11.9 Å². The Balaban J connectivity index is 1.46. The number of hydrogen-bond donors (Lipinski definition) is 2. The number of nitrogens with one attached hydrogen (secondary N) is 2. The minimum Gasteiger partial charge on any atom is -0.484 e. The Bertz CT molecular complexity index is 982. The van der Waals surface area contributed by atoms with Gasteiger partial charge in [-0.2, -0.15) is 0 Å². The molecule has 0 aliphatic rings. The molecule has 0 atom stereocenters. The fourth-order valence-electron chi connectivity index (χ4n) is 2.40. The van der Waals surface area contributed by atoms with Gasteiger partial charge in [-0.1, -0.05) is 0 Å². The number of carbonyl (C=O) groups is 2. The van der Waals surface area contributed by atoms with Gasteiger partial charge in [0.2, 0.25) is 0 Å². The molecule has 0 aliphatic carbocycles. The minimum atomic E-state index is -0.516. The van der Waals surface area contributed by atoms with Crippen LogP contribution in [0.4, 0.5) is 11.4 Å². The Morgan fingerprint density at radius 1 is 1.03 bits per heavy atom. The van der Waals surface area contributed by atoms with Gasteiger partial charge >= 0.3 is 0 Å². The van der Waals surface area contributed by atoms with E-state index in [-0.39, 0.29) is 24.7 Å². The van der Waals surface area contributed by atoms with E-state index in [9.17, 15) is 19.7 Å². The van der Waals surface area contributed by atoms with Gasteiger partial charge in [0.1, 0.15) is 11.5 Å². The number of amides is 2. The number of anilines is 1. The van der Waals surface area contributed by atoms with E-state index < -0.39 is 10.8 Å². The van der Waals surface area contributed by atoms with Crippen molar-refractivity contribution in [2.45, 2.75) is 6.54 Å². The first kappa shape index (κ1) is 19.6. The molecule has 0 saturated heterocycles. The number of nitro groups is 1. The molecule has 1 heterocycles. The third-order valence-corrected chi connectivity index (χ3v) is 3.85. The number of non-ortho nitro benzene ring substituents is 1. The van der Waals surface area contributed by atoms with Crippen LogP contribution in [-0.2, 0) is 11.3 Å². The molecule has 9 nitrogen and oxygen atoms in total. The van der Waals surface area contributed by atoms with E-state index in [0.717, 1.165) is 0 Å². The van der Waals surface area contributed by atoms with Gasteiger partial charge in [0.25, 0.3) is 17.5 Å². The van der Waals surface area contributed by atoms with Gasteiger partial charge in [0.05, 0.1) is 17.7 Å².